The third kappa shape index (κ3) is 5.50. The number of ether oxygens (including phenoxy) is 1. The standard InChI is InChI=1S/C20H18N2O3S/c1-14(20(24)22-18-6-4-3-5-16(18)13-21)25-19(23)12-9-15-7-10-17(26-2)11-8-15/h3-12,14H,1-2H3,(H,22,24)/b12-9+/t14-/m0/s1. The smallest absolute Gasteiger partial charge is 0.331 e. The van der Waals surface area contributed by atoms with Crippen LogP contribution < -0.4 is 5.32 Å². The van der Waals surface area contributed by atoms with Gasteiger partial charge in [0.1, 0.15) is 6.07 Å². The van der Waals surface area contributed by atoms with Crippen LogP contribution in [-0.2, 0) is 14.3 Å². The Labute approximate surface area is 156 Å². The topological polar surface area (TPSA) is 79.2 Å². The first-order valence-corrected chi connectivity index (χ1v) is 9.08. The van der Waals surface area contributed by atoms with Crippen LogP contribution in [0.15, 0.2) is 59.5 Å². The van der Waals surface area contributed by atoms with Gasteiger partial charge in [0.15, 0.2) is 6.10 Å². The number of amides is 1. The van der Waals surface area contributed by atoms with E-state index in [-0.39, 0.29) is 0 Å². The van der Waals surface area contributed by atoms with E-state index in [4.69, 9.17) is 10.00 Å². The van der Waals surface area contributed by atoms with E-state index in [1.165, 1.54) is 13.0 Å². The van der Waals surface area contributed by atoms with Crippen molar-refractivity contribution in [1.82, 2.24) is 0 Å². The van der Waals surface area contributed by atoms with E-state index < -0.39 is 18.0 Å². The Morgan fingerprint density at radius 3 is 2.54 bits per heavy atom. The number of nitrogens with zero attached hydrogens (tertiary/aromatic N) is 1. The van der Waals surface area contributed by atoms with Crippen LogP contribution >= 0.6 is 11.8 Å². The van der Waals surface area contributed by atoms with Crippen molar-refractivity contribution in [2.45, 2.75) is 17.9 Å². The third-order valence-corrected chi connectivity index (χ3v) is 4.24. The molecule has 0 saturated carbocycles. The average Bonchev–Trinajstić information content (AvgIpc) is 2.67. The molecule has 1 atom stereocenters. The molecule has 0 radical (unpaired) electrons. The Morgan fingerprint density at radius 1 is 1.19 bits per heavy atom. The van der Waals surface area contributed by atoms with Gasteiger partial charge >= 0.3 is 5.97 Å². The fourth-order valence-electron chi connectivity index (χ4n) is 2.07. The fourth-order valence-corrected chi connectivity index (χ4v) is 2.48. The number of rotatable bonds is 6. The van der Waals surface area contributed by atoms with Crippen molar-refractivity contribution in [2.75, 3.05) is 11.6 Å². The number of carbonyl (C=O) groups is 2. The second kappa shape index (κ2) is 9.44. The Bertz CT molecular complexity index is 854. The molecule has 0 saturated heterocycles. The van der Waals surface area contributed by atoms with Crippen molar-refractivity contribution in [2.24, 2.45) is 0 Å². The van der Waals surface area contributed by atoms with Crippen LogP contribution in [0.2, 0.25) is 0 Å². The van der Waals surface area contributed by atoms with Gasteiger partial charge in [-0.15, -0.1) is 11.8 Å². The number of nitrogens with one attached hydrogen (secondary N) is 1. The SMILES string of the molecule is CSc1ccc(/C=C/C(=O)O[C@@H](C)C(=O)Nc2ccccc2C#N)cc1. The molecule has 2 rings (SSSR count). The zero-order chi connectivity index (χ0) is 18.9. The number of anilines is 1. The molecule has 0 aliphatic carbocycles. The van der Waals surface area contributed by atoms with E-state index in [1.54, 1.807) is 42.1 Å². The number of hydrogen-bond acceptors (Lipinski definition) is 5. The summed E-state index contributed by atoms with van der Waals surface area (Å²) in [5, 5.41) is 11.6. The molecule has 1 N–H and O–H groups in total. The van der Waals surface area contributed by atoms with E-state index in [1.807, 2.05) is 36.6 Å². The molecule has 2 aromatic rings. The van der Waals surface area contributed by atoms with Gasteiger partial charge in [-0.1, -0.05) is 24.3 Å². The monoisotopic (exact) mass is 366 g/mol. The lowest BCUT2D eigenvalue weighted by Crippen LogP contribution is -2.29. The van der Waals surface area contributed by atoms with Gasteiger partial charge in [-0.3, -0.25) is 4.79 Å². The molecule has 6 heteroatoms. The van der Waals surface area contributed by atoms with E-state index in [9.17, 15) is 9.59 Å². The molecule has 0 unspecified atom stereocenters. The van der Waals surface area contributed by atoms with Gasteiger partial charge in [0.25, 0.3) is 5.91 Å². The van der Waals surface area contributed by atoms with Gasteiger partial charge in [0.2, 0.25) is 0 Å². The largest absolute Gasteiger partial charge is 0.449 e. The Morgan fingerprint density at radius 2 is 1.88 bits per heavy atom. The quantitative estimate of drug-likeness (QED) is 0.477. The summed E-state index contributed by atoms with van der Waals surface area (Å²) < 4.78 is 5.10. The third-order valence-electron chi connectivity index (χ3n) is 3.50. The minimum atomic E-state index is -0.988. The number of nitriles is 1. The molecule has 0 heterocycles. The summed E-state index contributed by atoms with van der Waals surface area (Å²) in [7, 11) is 0. The van der Waals surface area contributed by atoms with Crippen molar-refractivity contribution in [3.8, 4) is 6.07 Å². The fraction of sp³-hybridized carbons (Fsp3) is 0.150. The van der Waals surface area contributed by atoms with E-state index in [2.05, 4.69) is 5.32 Å². The van der Waals surface area contributed by atoms with Crippen LogP contribution in [0.25, 0.3) is 6.08 Å². The summed E-state index contributed by atoms with van der Waals surface area (Å²) in [4.78, 5) is 25.2. The molecule has 0 fully saturated rings. The van der Waals surface area contributed by atoms with Gasteiger partial charge in [0, 0.05) is 11.0 Å². The molecular formula is C20H18N2O3S. The summed E-state index contributed by atoms with van der Waals surface area (Å²) in [6.45, 7) is 1.48. The summed E-state index contributed by atoms with van der Waals surface area (Å²) in [6.07, 6.45) is 3.91. The normalized spacial score (nSPS) is 11.6. The number of esters is 1. The first-order valence-electron chi connectivity index (χ1n) is 7.86. The van der Waals surface area contributed by atoms with E-state index in [0.29, 0.717) is 11.3 Å². The van der Waals surface area contributed by atoms with Crippen LogP contribution in [0, 0.1) is 11.3 Å². The van der Waals surface area contributed by atoms with Crippen molar-refractivity contribution in [1.29, 1.82) is 5.26 Å². The van der Waals surface area contributed by atoms with Gasteiger partial charge in [-0.05, 0) is 49.1 Å². The Kier molecular flexibility index (Phi) is 7.01. The van der Waals surface area contributed by atoms with Crippen LogP contribution in [0.4, 0.5) is 5.69 Å². The summed E-state index contributed by atoms with van der Waals surface area (Å²) >= 11 is 1.64. The molecule has 0 spiro atoms. The molecule has 132 valence electrons. The highest BCUT2D eigenvalue weighted by Gasteiger charge is 2.17. The van der Waals surface area contributed by atoms with Crippen LogP contribution in [0.5, 0.6) is 0 Å². The summed E-state index contributed by atoms with van der Waals surface area (Å²) in [6, 6.07) is 16.3. The second-order valence-corrected chi connectivity index (χ2v) is 6.21. The highest BCUT2D eigenvalue weighted by molar-refractivity contribution is 7.98. The van der Waals surface area contributed by atoms with Crippen molar-refractivity contribution >= 4 is 35.4 Å². The predicted octanol–water partition coefficient (Wildman–Crippen LogP) is 3.86. The van der Waals surface area contributed by atoms with Gasteiger partial charge in [0.05, 0.1) is 11.3 Å². The zero-order valence-corrected chi connectivity index (χ0v) is 15.2. The minimum Gasteiger partial charge on any atom is -0.449 e. The maximum absolute atomic E-state index is 12.1. The molecule has 2 aromatic carbocycles. The predicted molar refractivity (Wildman–Crippen MR) is 103 cm³/mol. The number of para-hydroxylation sites is 1. The van der Waals surface area contributed by atoms with E-state index >= 15 is 0 Å². The maximum atomic E-state index is 12.1. The zero-order valence-electron chi connectivity index (χ0n) is 14.4. The minimum absolute atomic E-state index is 0.341. The van der Waals surface area contributed by atoms with E-state index in [0.717, 1.165) is 10.5 Å². The number of thioether (sulfide) groups is 1. The summed E-state index contributed by atoms with van der Waals surface area (Å²) in [5.74, 6) is -1.12. The first-order chi connectivity index (χ1) is 12.5. The first kappa shape index (κ1) is 19.3. The van der Waals surface area contributed by atoms with Crippen LogP contribution in [0.1, 0.15) is 18.1 Å². The van der Waals surface area contributed by atoms with Gasteiger partial charge in [-0.25, -0.2) is 4.79 Å². The molecule has 0 aliphatic rings. The van der Waals surface area contributed by atoms with Crippen molar-refractivity contribution < 1.29 is 14.3 Å². The highest BCUT2D eigenvalue weighted by atomic mass is 32.2. The Balaban J connectivity index is 1.92. The lowest BCUT2D eigenvalue weighted by Gasteiger charge is -2.13. The van der Waals surface area contributed by atoms with Gasteiger partial charge in [-0.2, -0.15) is 5.26 Å². The molecule has 5 nitrogen and oxygen atoms in total. The van der Waals surface area contributed by atoms with Gasteiger partial charge < -0.3 is 10.1 Å². The second-order valence-electron chi connectivity index (χ2n) is 5.33. The molecular weight excluding hydrogens is 348 g/mol. The molecule has 0 aliphatic heterocycles. The molecule has 1 amide bonds. The average molecular weight is 366 g/mol. The van der Waals surface area contributed by atoms with Crippen molar-refractivity contribution in [3.05, 3.63) is 65.7 Å². The van der Waals surface area contributed by atoms with Crippen LogP contribution in [-0.4, -0.2) is 24.2 Å². The number of benzene rings is 2. The number of hydrogen-bond donors (Lipinski definition) is 1. The lowest BCUT2D eigenvalue weighted by atomic mass is 10.2. The molecule has 0 bridgehead atoms. The highest BCUT2D eigenvalue weighted by Crippen LogP contribution is 2.16. The number of carbonyl (C=O) groups excluding carboxylic acids is 2. The molecule has 26 heavy (non-hydrogen) atoms. The molecule has 0 aromatic heterocycles. The van der Waals surface area contributed by atoms with Crippen molar-refractivity contribution in [3.63, 3.8) is 0 Å². The Hall–Kier alpha value is -3.04. The maximum Gasteiger partial charge on any atom is 0.331 e. The lowest BCUT2D eigenvalue weighted by molar-refractivity contribution is -0.148. The summed E-state index contributed by atoms with van der Waals surface area (Å²) in [5.41, 5.74) is 1.58. The van der Waals surface area contributed by atoms with Crippen LogP contribution in [0.3, 0.4) is 0 Å².